The molecule has 2 heterocycles. The van der Waals surface area contributed by atoms with Crippen molar-refractivity contribution in [3.63, 3.8) is 0 Å². The van der Waals surface area contributed by atoms with Gasteiger partial charge in [-0.1, -0.05) is 41.4 Å². The van der Waals surface area contributed by atoms with Crippen LogP contribution in [0.4, 0.5) is 0 Å². The standard InChI is InChI=1S/C23H20ClN3O4/c1-13-5-4-6-15(7-13)12-30-21-18(24)10-16(11-19(21)29-3)9-17-22(25)27-20(26-23(17)28)8-14(2)31-27/h4-11,25H,12H2,1-3H3/b17-9+,25-22?. The average Bonchev–Trinajstić information content (AvgIpc) is 3.10. The number of rotatable bonds is 5. The predicted molar refractivity (Wildman–Crippen MR) is 118 cm³/mol. The van der Waals surface area contributed by atoms with Crippen LogP contribution in [0.15, 0.2) is 58.8 Å². The summed E-state index contributed by atoms with van der Waals surface area (Å²) in [4.78, 5) is 21.9. The second kappa shape index (κ2) is 8.28. The minimum absolute atomic E-state index is 0.0819. The molecule has 2 aromatic rings. The van der Waals surface area contributed by atoms with Gasteiger partial charge in [-0.2, -0.15) is 4.99 Å². The molecule has 0 spiro atoms. The molecular weight excluding hydrogens is 418 g/mol. The Morgan fingerprint density at radius 3 is 2.81 bits per heavy atom. The minimum Gasteiger partial charge on any atom is -0.493 e. The molecule has 1 amide bonds. The zero-order valence-electron chi connectivity index (χ0n) is 17.2. The van der Waals surface area contributed by atoms with Crippen molar-refractivity contribution in [2.75, 3.05) is 7.11 Å². The number of amides is 1. The highest BCUT2D eigenvalue weighted by atomic mass is 35.5. The van der Waals surface area contributed by atoms with Gasteiger partial charge in [-0.05, 0) is 43.2 Å². The van der Waals surface area contributed by atoms with Crippen molar-refractivity contribution < 1.29 is 19.1 Å². The number of halogens is 1. The molecule has 0 unspecified atom stereocenters. The molecule has 8 heteroatoms. The lowest BCUT2D eigenvalue weighted by Crippen LogP contribution is -2.38. The van der Waals surface area contributed by atoms with Crippen LogP contribution in [0, 0.1) is 12.3 Å². The van der Waals surface area contributed by atoms with Gasteiger partial charge in [0.25, 0.3) is 5.91 Å². The van der Waals surface area contributed by atoms with E-state index in [1.807, 2.05) is 31.2 Å². The maximum atomic E-state index is 12.5. The fourth-order valence-electron chi connectivity index (χ4n) is 3.29. The van der Waals surface area contributed by atoms with Crippen LogP contribution in [0.2, 0.25) is 5.02 Å². The number of amidine groups is 2. The number of nitrogens with one attached hydrogen (secondary N) is 1. The maximum Gasteiger partial charge on any atom is 0.282 e. The SMILES string of the molecule is COc1cc(/C=C2\C(=N)N3OC(C)=CC3=NC2=O)cc(Cl)c1OCc1cccc(C)c1. The topological polar surface area (TPSA) is 84.2 Å². The van der Waals surface area contributed by atoms with Crippen LogP contribution in [0.25, 0.3) is 6.08 Å². The molecule has 2 aliphatic rings. The van der Waals surface area contributed by atoms with Crippen molar-refractivity contribution in [1.82, 2.24) is 5.06 Å². The number of hydrogen-bond acceptors (Lipinski definition) is 5. The Morgan fingerprint density at radius 1 is 1.26 bits per heavy atom. The van der Waals surface area contributed by atoms with E-state index in [0.29, 0.717) is 40.3 Å². The summed E-state index contributed by atoms with van der Waals surface area (Å²) < 4.78 is 11.4. The summed E-state index contributed by atoms with van der Waals surface area (Å²) in [6, 6.07) is 11.3. The number of ether oxygens (including phenoxy) is 2. The van der Waals surface area contributed by atoms with E-state index >= 15 is 0 Å². The largest absolute Gasteiger partial charge is 0.493 e. The zero-order valence-corrected chi connectivity index (χ0v) is 18.0. The van der Waals surface area contributed by atoms with Crippen LogP contribution >= 0.6 is 11.6 Å². The summed E-state index contributed by atoms with van der Waals surface area (Å²) in [5, 5.41) is 9.86. The summed E-state index contributed by atoms with van der Waals surface area (Å²) in [5.41, 5.74) is 2.80. The van der Waals surface area contributed by atoms with Gasteiger partial charge >= 0.3 is 0 Å². The molecule has 0 fully saturated rings. The number of hydrogen-bond donors (Lipinski definition) is 1. The van der Waals surface area contributed by atoms with Crippen molar-refractivity contribution >= 4 is 35.3 Å². The number of carbonyl (C=O) groups excluding carboxylic acids is 1. The smallest absolute Gasteiger partial charge is 0.282 e. The summed E-state index contributed by atoms with van der Waals surface area (Å²) in [5.74, 6) is 1.04. The van der Waals surface area contributed by atoms with Crippen molar-refractivity contribution in [1.29, 1.82) is 5.41 Å². The monoisotopic (exact) mass is 437 g/mol. The summed E-state index contributed by atoms with van der Waals surface area (Å²) in [6.45, 7) is 4.07. The van der Waals surface area contributed by atoms with Crippen LogP contribution in [0.3, 0.4) is 0 Å². The fraction of sp³-hybridized carbons (Fsp3) is 0.174. The highest BCUT2D eigenvalue weighted by Gasteiger charge is 2.34. The van der Waals surface area contributed by atoms with E-state index in [1.54, 1.807) is 25.1 Å². The number of hydroxylamine groups is 2. The van der Waals surface area contributed by atoms with Gasteiger partial charge in [0.15, 0.2) is 23.2 Å². The van der Waals surface area contributed by atoms with E-state index in [4.69, 9.17) is 31.3 Å². The lowest BCUT2D eigenvalue weighted by atomic mass is 10.1. The Morgan fingerprint density at radius 2 is 2.06 bits per heavy atom. The molecule has 0 aromatic heterocycles. The molecule has 1 N–H and O–H groups in total. The first-order valence-electron chi connectivity index (χ1n) is 9.51. The fourth-order valence-corrected chi connectivity index (χ4v) is 3.56. The van der Waals surface area contributed by atoms with Crippen LogP contribution in [0.1, 0.15) is 23.6 Å². The van der Waals surface area contributed by atoms with E-state index < -0.39 is 5.91 Å². The highest BCUT2D eigenvalue weighted by molar-refractivity contribution is 6.33. The van der Waals surface area contributed by atoms with Crippen LogP contribution in [-0.4, -0.2) is 29.8 Å². The van der Waals surface area contributed by atoms with Crippen molar-refractivity contribution in [2.45, 2.75) is 20.5 Å². The number of allylic oxidation sites excluding steroid dienone is 1. The molecule has 7 nitrogen and oxygen atoms in total. The molecule has 158 valence electrons. The number of nitrogens with zero attached hydrogens (tertiary/aromatic N) is 2. The average molecular weight is 438 g/mol. The summed E-state index contributed by atoms with van der Waals surface area (Å²) in [6.07, 6.45) is 3.13. The van der Waals surface area contributed by atoms with Gasteiger partial charge in [-0.15, -0.1) is 5.06 Å². The number of methoxy groups -OCH3 is 1. The summed E-state index contributed by atoms with van der Waals surface area (Å²) in [7, 11) is 1.51. The number of aliphatic imine (C=N–C) groups is 1. The molecule has 0 atom stereocenters. The number of benzene rings is 2. The molecule has 0 radical (unpaired) electrons. The Bertz CT molecular complexity index is 1180. The first kappa shape index (κ1) is 20.7. The Hall–Kier alpha value is -3.58. The van der Waals surface area contributed by atoms with E-state index in [1.165, 1.54) is 18.2 Å². The zero-order chi connectivity index (χ0) is 22.1. The van der Waals surface area contributed by atoms with Crippen LogP contribution in [-0.2, 0) is 16.2 Å². The molecule has 2 aliphatic heterocycles. The first-order chi connectivity index (χ1) is 14.9. The lowest BCUT2D eigenvalue weighted by molar-refractivity contribution is -0.114. The van der Waals surface area contributed by atoms with E-state index in [-0.39, 0.29) is 11.4 Å². The van der Waals surface area contributed by atoms with E-state index in [9.17, 15) is 4.79 Å². The van der Waals surface area contributed by atoms with Gasteiger partial charge in [-0.25, -0.2) is 0 Å². The van der Waals surface area contributed by atoms with Gasteiger partial charge in [0.2, 0.25) is 0 Å². The van der Waals surface area contributed by atoms with Gasteiger partial charge < -0.3 is 14.3 Å². The number of carbonyl (C=O) groups is 1. The van der Waals surface area contributed by atoms with Crippen molar-refractivity contribution in [3.8, 4) is 11.5 Å². The Kier molecular flexibility index (Phi) is 5.52. The van der Waals surface area contributed by atoms with Gasteiger partial charge in [0, 0.05) is 6.08 Å². The molecular formula is C23H20ClN3O4. The van der Waals surface area contributed by atoms with Crippen molar-refractivity contribution in [3.05, 3.63) is 75.5 Å². The van der Waals surface area contributed by atoms with E-state index in [2.05, 4.69) is 4.99 Å². The van der Waals surface area contributed by atoms with Gasteiger partial charge in [-0.3, -0.25) is 10.2 Å². The third-order valence-corrected chi connectivity index (χ3v) is 4.99. The number of fused-ring (bicyclic) bond motifs is 1. The molecule has 31 heavy (non-hydrogen) atoms. The quantitative estimate of drug-likeness (QED) is 0.686. The minimum atomic E-state index is -0.527. The van der Waals surface area contributed by atoms with Gasteiger partial charge in [0.1, 0.15) is 12.4 Å². The molecule has 0 saturated carbocycles. The number of aryl methyl sites for hydroxylation is 1. The predicted octanol–water partition coefficient (Wildman–Crippen LogP) is 4.69. The molecule has 0 saturated heterocycles. The third-order valence-electron chi connectivity index (χ3n) is 4.71. The van der Waals surface area contributed by atoms with Gasteiger partial charge in [0.05, 0.1) is 17.7 Å². The third kappa shape index (κ3) is 4.18. The molecule has 0 aliphatic carbocycles. The Labute approximate surface area is 184 Å². The van der Waals surface area contributed by atoms with E-state index in [0.717, 1.165) is 11.1 Å². The second-order valence-corrected chi connectivity index (χ2v) is 7.54. The van der Waals surface area contributed by atoms with Crippen LogP contribution < -0.4 is 9.47 Å². The molecule has 0 bridgehead atoms. The maximum absolute atomic E-state index is 12.5. The van der Waals surface area contributed by atoms with Crippen molar-refractivity contribution in [2.24, 2.45) is 4.99 Å². The molecule has 4 rings (SSSR count). The summed E-state index contributed by atoms with van der Waals surface area (Å²) >= 11 is 6.47. The Balaban J connectivity index is 1.61. The normalized spacial score (nSPS) is 16.6. The van der Waals surface area contributed by atoms with Crippen LogP contribution in [0.5, 0.6) is 11.5 Å². The highest BCUT2D eigenvalue weighted by Crippen LogP contribution is 2.38. The lowest BCUT2D eigenvalue weighted by Gasteiger charge is -2.23. The molecule has 2 aromatic carbocycles. The second-order valence-electron chi connectivity index (χ2n) is 7.13. The first-order valence-corrected chi connectivity index (χ1v) is 9.89.